The van der Waals surface area contributed by atoms with Gasteiger partial charge in [0.15, 0.2) is 0 Å². The molecule has 2 saturated carbocycles. The van der Waals surface area contributed by atoms with Crippen LogP contribution in [0.5, 0.6) is 0 Å². The zero-order valence-corrected chi connectivity index (χ0v) is 7.69. The summed E-state index contributed by atoms with van der Waals surface area (Å²) >= 11 is 0. The molecule has 2 unspecified atom stereocenters. The van der Waals surface area contributed by atoms with E-state index in [9.17, 15) is 0 Å². The highest BCUT2D eigenvalue weighted by atomic mass is 14.8. The molecule has 2 aliphatic carbocycles. The lowest BCUT2D eigenvalue weighted by atomic mass is 9.49. The fourth-order valence-electron chi connectivity index (χ4n) is 3.03. The first-order chi connectivity index (χ1) is 6.38. The van der Waals surface area contributed by atoms with Crippen LogP contribution >= 0.6 is 0 Å². The van der Waals surface area contributed by atoms with Crippen LogP contribution in [0.15, 0.2) is 30.3 Å². The molecule has 0 radical (unpaired) electrons. The van der Waals surface area contributed by atoms with E-state index in [0.717, 1.165) is 11.8 Å². The van der Waals surface area contributed by atoms with E-state index in [4.69, 9.17) is 5.73 Å². The average molecular weight is 173 g/mol. The van der Waals surface area contributed by atoms with Gasteiger partial charge in [-0.1, -0.05) is 30.3 Å². The SMILES string of the molecule is N[C@@H]1C2CCC2[C@H]1c1ccccc1. The zero-order valence-electron chi connectivity index (χ0n) is 7.69. The largest absolute Gasteiger partial charge is 0.327 e. The smallest absolute Gasteiger partial charge is 0.0142 e. The Kier molecular flexibility index (Phi) is 1.50. The molecule has 2 N–H and O–H groups in total. The molecule has 0 aromatic heterocycles. The molecular formula is C12H15N. The second-order valence-electron chi connectivity index (χ2n) is 4.42. The van der Waals surface area contributed by atoms with Gasteiger partial charge in [-0.05, 0) is 30.2 Å². The van der Waals surface area contributed by atoms with Crippen LogP contribution in [0.1, 0.15) is 24.3 Å². The van der Waals surface area contributed by atoms with Crippen molar-refractivity contribution in [3.63, 3.8) is 0 Å². The highest BCUT2D eigenvalue weighted by Crippen LogP contribution is 2.57. The van der Waals surface area contributed by atoms with E-state index in [-0.39, 0.29) is 0 Å². The minimum atomic E-state index is 0.446. The fourth-order valence-corrected chi connectivity index (χ4v) is 3.03. The Bertz CT molecular complexity index is 300. The molecule has 2 fully saturated rings. The number of hydrogen-bond donors (Lipinski definition) is 1. The molecule has 4 atom stereocenters. The lowest BCUT2D eigenvalue weighted by molar-refractivity contribution is -0.00673. The van der Waals surface area contributed by atoms with Gasteiger partial charge >= 0.3 is 0 Å². The molecule has 2 aliphatic rings. The summed E-state index contributed by atoms with van der Waals surface area (Å²) < 4.78 is 0. The van der Waals surface area contributed by atoms with Gasteiger partial charge in [-0.25, -0.2) is 0 Å². The van der Waals surface area contributed by atoms with Crippen molar-refractivity contribution in [3.8, 4) is 0 Å². The number of benzene rings is 1. The monoisotopic (exact) mass is 173 g/mol. The quantitative estimate of drug-likeness (QED) is 0.691. The van der Waals surface area contributed by atoms with E-state index in [2.05, 4.69) is 30.3 Å². The molecule has 13 heavy (non-hydrogen) atoms. The Morgan fingerprint density at radius 3 is 2.23 bits per heavy atom. The summed E-state index contributed by atoms with van der Waals surface area (Å²) in [7, 11) is 0. The first-order valence-electron chi connectivity index (χ1n) is 5.18. The lowest BCUT2D eigenvalue weighted by Gasteiger charge is -2.58. The summed E-state index contributed by atoms with van der Waals surface area (Å²) in [5.41, 5.74) is 7.59. The molecule has 68 valence electrons. The Morgan fingerprint density at radius 1 is 1.00 bits per heavy atom. The van der Waals surface area contributed by atoms with Crippen LogP contribution in [0.25, 0.3) is 0 Å². The molecule has 1 aromatic carbocycles. The van der Waals surface area contributed by atoms with E-state index in [0.29, 0.717) is 12.0 Å². The van der Waals surface area contributed by atoms with Crippen LogP contribution in [0, 0.1) is 11.8 Å². The second-order valence-corrected chi connectivity index (χ2v) is 4.42. The van der Waals surface area contributed by atoms with Gasteiger partial charge in [-0.3, -0.25) is 0 Å². The first-order valence-corrected chi connectivity index (χ1v) is 5.18. The summed E-state index contributed by atoms with van der Waals surface area (Å²) in [5, 5.41) is 0. The number of hydrogen-bond acceptors (Lipinski definition) is 1. The lowest BCUT2D eigenvalue weighted by Crippen LogP contribution is -2.59. The van der Waals surface area contributed by atoms with Gasteiger partial charge in [0.05, 0.1) is 0 Å². The van der Waals surface area contributed by atoms with Crippen LogP contribution in [0.4, 0.5) is 0 Å². The van der Waals surface area contributed by atoms with Crippen LogP contribution in [-0.4, -0.2) is 6.04 Å². The highest BCUT2D eigenvalue weighted by molar-refractivity contribution is 5.29. The van der Waals surface area contributed by atoms with E-state index in [1.54, 1.807) is 0 Å². The summed E-state index contributed by atoms with van der Waals surface area (Å²) in [5.74, 6) is 2.43. The first kappa shape index (κ1) is 7.57. The Balaban J connectivity index is 1.87. The minimum Gasteiger partial charge on any atom is -0.327 e. The fraction of sp³-hybridized carbons (Fsp3) is 0.500. The topological polar surface area (TPSA) is 26.0 Å². The molecule has 0 saturated heterocycles. The third-order valence-corrected chi connectivity index (χ3v) is 3.94. The highest BCUT2D eigenvalue weighted by Gasteiger charge is 2.53. The summed E-state index contributed by atoms with van der Waals surface area (Å²) in [6.45, 7) is 0. The molecule has 0 bridgehead atoms. The summed E-state index contributed by atoms with van der Waals surface area (Å²) in [4.78, 5) is 0. The Hall–Kier alpha value is -0.820. The van der Waals surface area contributed by atoms with Gasteiger partial charge < -0.3 is 5.73 Å². The Labute approximate surface area is 78.9 Å². The van der Waals surface area contributed by atoms with Crippen LogP contribution in [-0.2, 0) is 0 Å². The van der Waals surface area contributed by atoms with E-state index >= 15 is 0 Å². The van der Waals surface area contributed by atoms with Crippen molar-refractivity contribution in [1.82, 2.24) is 0 Å². The minimum absolute atomic E-state index is 0.446. The van der Waals surface area contributed by atoms with Crippen molar-refractivity contribution < 1.29 is 0 Å². The number of rotatable bonds is 1. The third-order valence-electron chi connectivity index (χ3n) is 3.94. The van der Waals surface area contributed by atoms with Gasteiger partial charge in [0.25, 0.3) is 0 Å². The third kappa shape index (κ3) is 0.910. The van der Waals surface area contributed by atoms with Gasteiger partial charge in [-0.2, -0.15) is 0 Å². The molecule has 0 aliphatic heterocycles. The van der Waals surface area contributed by atoms with Gasteiger partial charge in [0.2, 0.25) is 0 Å². The van der Waals surface area contributed by atoms with E-state index < -0.39 is 0 Å². The maximum atomic E-state index is 6.14. The van der Waals surface area contributed by atoms with E-state index in [1.807, 2.05) is 0 Å². The predicted molar refractivity (Wildman–Crippen MR) is 53.4 cm³/mol. The van der Waals surface area contributed by atoms with Crippen molar-refractivity contribution in [2.75, 3.05) is 0 Å². The standard InChI is InChI=1S/C12H15N/c13-12-10-7-6-9(10)11(12)8-4-2-1-3-5-8/h1-5,9-12H,6-7,13H2/t9?,10?,11-,12-/m1/s1. The van der Waals surface area contributed by atoms with E-state index in [1.165, 1.54) is 18.4 Å². The number of fused-ring (bicyclic) bond motifs is 1. The maximum absolute atomic E-state index is 6.14. The number of nitrogens with two attached hydrogens (primary N) is 1. The van der Waals surface area contributed by atoms with Gasteiger partial charge in [0.1, 0.15) is 0 Å². The van der Waals surface area contributed by atoms with Gasteiger partial charge in [0, 0.05) is 12.0 Å². The Morgan fingerprint density at radius 2 is 1.69 bits per heavy atom. The maximum Gasteiger partial charge on any atom is 0.0142 e. The van der Waals surface area contributed by atoms with Crippen molar-refractivity contribution in [2.45, 2.75) is 24.8 Å². The second kappa shape index (κ2) is 2.58. The van der Waals surface area contributed by atoms with Gasteiger partial charge in [-0.15, -0.1) is 0 Å². The zero-order chi connectivity index (χ0) is 8.84. The van der Waals surface area contributed by atoms with Crippen LogP contribution in [0.3, 0.4) is 0 Å². The predicted octanol–water partition coefficient (Wildman–Crippen LogP) is 2.14. The van der Waals surface area contributed by atoms with Crippen molar-refractivity contribution in [2.24, 2.45) is 17.6 Å². The summed E-state index contributed by atoms with van der Waals surface area (Å²) in [6.07, 6.45) is 2.77. The molecule has 3 rings (SSSR count). The average Bonchev–Trinajstić information content (AvgIpc) is 2.13. The molecule has 1 nitrogen and oxygen atoms in total. The van der Waals surface area contributed by atoms with Crippen LogP contribution < -0.4 is 5.73 Å². The molecule has 1 heteroatoms. The van der Waals surface area contributed by atoms with Crippen molar-refractivity contribution >= 4 is 0 Å². The molecule has 0 amide bonds. The van der Waals surface area contributed by atoms with Crippen molar-refractivity contribution in [1.29, 1.82) is 0 Å². The molecular weight excluding hydrogens is 158 g/mol. The molecule has 0 spiro atoms. The van der Waals surface area contributed by atoms with Crippen LogP contribution in [0.2, 0.25) is 0 Å². The molecule has 1 aromatic rings. The summed E-state index contributed by atoms with van der Waals surface area (Å²) in [6, 6.07) is 11.2. The van der Waals surface area contributed by atoms with Crippen molar-refractivity contribution in [3.05, 3.63) is 35.9 Å². The molecule has 0 heterocycles. The normalized spacial score (nSPS) is 41.6.